The van der Waals surface area contributed by atoms with E-state index in [2.05, 4.69) is 35.5 Å². The maximum Gasteiger partial charge on any atom is 0.191 e. The number of hydrogen-bond acceptors (Lipinski definition) is 3. The van der Waals surface area contributed by atoms with Gasteiger partial charge in [-0.25, -0.2) is 0 Å². The number of nitrogens with zero attached hydrogens (tertiary/aromatic N) is 1. The van der Waals surface area contributed by atoms with Gasteiger partial charge in [0.05, 0.1) is 6.61 Å². The van der Waals surface area contributed by atoms with Crippen molar-refractivity contribution < 1.29 is 9.47 Å². The minimum absolute atomic E-state index is 0.678. The molecule has 0 fully saturated rings. The van der Waals surface area contributed by atoms with E-state index in [1.807, 2.05) is 18.2 Å². The molecule has 0 aromatic heterocycles. The molecular formula is C17H29N3O2. The zero-order valence-corrected chi connectivity index (χ0v) is 14.0. The summed E-state index contributed by atoms with van der Waals surface area (Å²) in [4.78, 5) is 4.54. The summed E-state index contributed by atoms with van der Waals surface area (Å²) in [5.74, 6) is 1.81. The number of nitrogens with one attached hydrogen (secondary N) is 2. The van der Waals surface area contributed by atoms with E-state index in [1.165, 1.54) is 5.56 Å². The lowest BCUT2D eigenvalue weighted by Crippen LogP contribution is -2.38. The van der Waals surface area contributed by atoms with Crippen molar-refractivity contribution in [1.82, 2.24) is 10.6 Å². The molecule has 0 saturated carbocycles. The number of benzene rings is 1. The van der Waals surface area contributed by atoms with Gasteiger partial charge in [0.15, 0.2) is 5.96 Å². The summed E-state index contributed by atoms with van der Waals surface area (Å²) < 4.78 is 10.8. The number of guanidine groups is 1. The number of aliphatic imine (C=N–C) groups is 1. The fourth-order valence-electron chi connectivity index (χ4n) is 1.92. The standard InChI is InChI=1S/C17H29N3O2/c1-4-18-17(19-11-7-13-21-3)20-12-8-14-22-16-10-6-5-9-15(16)2/h5-6,9-10H,4,7-8,11-14H2,1-3H3,(H2,18,19,20). The Morgan fingerprint density at radius 3 is 2.68 bits per heavy atom. The minimum atomic E-state index is 0.678. The van der Waals surface area contributed by atoms with Crippen molar-refractivity contribution in [2.75, 3.05) is 40.0 Å². The smallest absolute Gasteiger partial charge is 0.191 e. The number of hydrogen-bond donors (Lipinski definition) is 2. The van der Waals surface area contributed by atoms with E-state index < -0.39 is 0 Å². The molecule has 1 aromatic carbocycles. The highest BCUT2D eigenvalue weighted by atomic mass is 16.5. The Balaban J connectivity index is 2.24. The highest BCUT2D eigenvalue weighted by Gasteiger charge is 1.98. The van der Waals surface area contributed by atoms with Crippen LogP contribution in [0.3, 0.4) is 0 Å². The Hall–Kier alpha value is -1.75. The molecule has 22 heavy (non-hydrogen) atoms. The molecule has 5 nitrogen and oxygen atoms in total. The van der Waals surface area contributed by atoms with Crippen LogP contribution in [0.5, 0.6) is 5.75 Å². The summed E-state index contributed by atoms with van der Waals surface area (Å²) in [6.07, 6.45) is 1.86. The third kappa shape index (κ3) is 7.88. The first-order valence-corrected chi connectivity index (χ1v) is 7.97. The van der Waals surface area contributed by atoms with Crippen molar-refractivity contribution in [3.05, 3.63) is 29.8 Å². The van der Waals surface area contributed by atoms with Gasteiger partial charge in [-0.15, -0.1) is 0 Å². The average Bonchev–Trinajstić information content (AvgIpc) is 2.52. The van der Waals surface area contributed by atoms with Crippen LogP contribution < -0.4 is 15.4 Å². The van der Waals surface area contributed by atoms with E-state index in [0.29, 0.717) is 6.61 Å². The molecule has 0 spiro atoms. The molecule has 5 heteroatoms. The van der Waals surface area contributed by atoms with Crippen LogP contribution in [0.25, 0.3) is 0 Å². The van der Waals surface area contributed by atoms with Gasteiger partial charge in [0, 0.05) is 39.8 Å². The Kier molecular flexibility index (Phi) is 9.87. The second kappa shape index (κ2) is 11.9. The van der Waals surface area contributed by atoms with Crippen LogP contribution >= 0.6 is 0 Å². The van der Waals surface area contributed by atoms with Gasteiger partial charge in [-0.2, -0.15) is 0 Å². The molecular weight excluding hydrogens is 278 g/mol. The average molecular weight is 307 g/mol. The van der Waals surface area contributed by atoms with Crippen LogP contribution in [0.1, 0.15) is 25.3 Å². The Labute approximate surface area is 134 Å². The molecule has 0 bridgehead atoms. The summed E-state index contributed by atoms with van der Waals surface area (Å²) >= 11 is 0. The maximum absolute atomic E-state index is 5.77. The van der Waals surface area contributed by atoms with E-state index >= 15 is 0 Å². The molecule has 1 rings (SSSR count). The molecule has 124 valence electrons. The first kappa shape index (κ1) is 18.3. The lowest BCUT2D eigenvalue weighted by Gasteiger charge is -2.11. The molecule has 0 amide bonds. The molecule has 0 aliphatic rings. The fraction of sp³-hybridized carbons (Fsp3) is 0.588. The Morgan fingerprint density at radius 2 is 1.95 bits per heavy atom. The summed E-state index contributed by atoms with van der Waals surface area (Å²) in [7, 11) is 1.72. The van der Waals surface area contributed by atoms with E-state index in [0.717, 1.165) is 50.8 Å². The third-order valence-corrected chi connectivity index (χ3v) is 3.09. The van der Waals surface area contributed by atoms with E-state index in [1.54, 1.807) is 7.11 Å². The molecule has 0 saturated heterocycles. The summed E-state index contributed by atoms with van der Waals surface area (Å²) in [5.41, 5.74) is 1.17. The molecule has 0 heterocycles. The number of methoxy groups -OCH3 is 1. The van der Waals surface area contributed by atoms with Crippen LogP contribution in [0.4, 0.5) is 0 Å². The van der Waals surface area contributed by atoms with Crippen molar-refractivity contribution in [2.45, 2.75) is 26.7 Å². The minimum Gasteiger partial charge on any atom is -0.493 e. The zero-order chi connectivity index (χ0) is 16.0. The van der Waals surface area contributed by atoms with Gasteiger partial charge < -0.3 is 20.1 Å². The Bertz CT molecular complexity index is 436. The predicted octanol–water partition coefficient (Wildman–Crippen LogP) is 2.36. The van der Waals surface area contributed by atoms with Gasteiger partial charge in [0.2, 0.25) is 0 Å². The van der Waals surface area contributed by atoms with E-state index in [4.69, 9.17) is 9.47 Å². The molecule has 0 atom stereocenters. The van der Waals surface area contributed by atoms with Crippen LogP contribution in [0.15, 0.2) is 29.3 Å². The highest BCUT2D eigenvalue weighted by Crippen LogP contribution is 2.15. The third-order valence-electron chi connectivity index (χ3n) is 3.09. The molecule has 0 aliphatic heterocycles. The Morgan fingerprint density at radius 1 is 1.14 bits per heavy atom. The van der Waals surface area contributed by atoms with Crippen LogP contribution in [0, 0.1) is 6.92 Å². The fourth-order valence-corrected chi connectivity index (χ4v) is 1.92. The maximum atomic E-state index is 5.77. The van der Waals surface area contributed by atoms with Gasteiger partial charge >= 0.3 is 0 Å². The summed E-state index contributed by atoms with van der Waals surface area (Å²) in [6.45, 7) is 8.02. The molecule has 0 radical (unpaired) electrons. The topological polar surface area (TPSA) is 54.9 Å². The summed E-state index contributed by atoms with van der Waals surface area (Å²) in [5, 5.41) is 6.53. The van der Waals surface area contributed by atoms with Gasteiger partial charge in [0.25, 0.3) is 0 Å². The monoisotopic (exact) mass is 307 g/mol. The first-order chi connectivity index (χ1) is 10.8. The van der Waals surface area contributed by atoms with E-state index in [-0.39, 0.29) is 0 Å². The first-order valence-electron chi connectivity index (χ1n) is 7.97. The highest BCUT2D eigenvalue weighted by molar-refractivity contribution is 5.79. The molecule has 1 aromatic rings. The van der Waals surface area contributed by atoms with Crippen molar-refractivity contribution in [3.8, 4) is 5.75 Å². The lowest BCUT2D eigenvalue weighted by atomic mass is 10.2. The van der Waals surface area contributed by atoms with Gasteiger partial charge in [0.1, 0.15) is 5.75 Å². The predicted molar refractivity (Wildman–Crippen MR) is 91.8 cm³/mol. The van der Waals surface area contributed by atoms with Crippen molar-refractivity contribution in [2.24, 2.45) is 4.99 Å². The summed E-state index contributed by atoms with van der Waals surface area (Å²) in [6, 6.07) is 8.07. The quantitative estimate of drug-likeness (QED) is 0.396. The molecule has 0 unspecified atom stereocenters. The van der Waals surface area contributed by atoms with Crippen LogP contribution in [0.2, 0.25) is 0 Å². The van der Waals surface area contributed by atoms with Crippen LogP contribution in [-0.2, 0) is 4.74 Å². The largest absolute Gasteiger partial charge is 0.493 e. The normalized spacial score (nSPS) is 11.3. The molecule has 2 N–H and O–H groups in total. The van der Waals surface area contributed by atoms with Gasteiger partial charge in [-0.3, -0.25) is 4.99 Å². The SMILES string of the molecule is CCNC(=NCCCOc1ccccc1C)NCCCOC. The zero-order valence-electron chi connectivity index (χ0n) is 14.0. The number of aryl methyl sites for hydroxylation is 1. The lowest BCUT2D eigenvalue weighted by molar-refractivity contribution is 0.195. The second-order valence-corrected chi connectivity index (χ2v) is 5.00. The van der Waals surface area contributed by atoms with Crippen LogP contribution in [-0.4, -0.2) is 45.9 Å². The number of rotatable bonds is 10. The van der Waals surface area contributed by atoms with Gasteiger partial charge in [-0.1, -0.05) is 18.2 Å². The molecule has 0 aliphatic carbocycles. The van der Waals surface area contributed by atoms with Crippen molar-refractivity contribution in [3.63, 3.8) is 0 Å². The van der Waals surface area contributed by atoms with Crippen molar-refractivity contribution >= 4 is 5.96 Å². The number of para-hydroxylation sites is 1. The van der Waals surface area contributed by atoms with E-state index in [9.17, 15) is 0 Å². The second-order valence-electron chi connectivity index (χ2n) is 5.00. The number of ether oxygens (including phenoxy) is 2. The van der Waals surface area contributed by atoms with Gasteiger partial charge in [-0.05, 0) is 31.9 Å². The van der Waals surface area contributed by atoms with Crippen molar-refractivity contribution in [1.29, 1.82) is 0 Å².